The second kappa shape index (κ2) is 7.33. The van der Waals surface area contributed by atoms with Gasteiger partial charge in [-0.25, -0.2) is 9.97 Å². The van der Waals surface area contributed by atoms with Crippen LogP contribution >= 0.6 is 0 Å². The molecular formula is C20H24N6. The van der Waals surface area contributed by atoms with Gasteiger partial charge in [0.1, 0.15) is 11.6 Å². The molecule has 3 heterocycles. The molecule has 0 saturated heterocycles. The Kier molecular flexibility index (Phi) is 4.75. The lowest BCUT2D eigenvalue weighted by Gasteiger charge is -2.26. The Morgan fingerprint density at radius 3 is 2.62 bits per heavy atom. The average Bonchev–Trinajstić information content (AvgIpc) is 3.11. The summed E-state index contributed by atoms with van der Waals surface area (Å²) < 4.78 is 2.28. The summed E-state index contributed by atoms with van der Waals surface area (Å²) >= 11 is 0. The van der Waals surface area contributed by atoms with Crippen molar-refractivity contribution < 1.29 is 0 Å². The fourth-order valence-electron chi connectivity index (χ4n) is 3.39. The number of rotatable bonds is 5. The van der Waals surface area contributed by atoms with Crippen molar-refractivity contribution in [3.8, 4) is 11.4 Å². The number of nitrogens with one attached hydrogen (secondary N) is 1. The lowest BCUT2D eigenvalue weighted by atomic mass is 10.1. The normalized spacial score (nSPS) is 16.7. The Morgan fingerprint density at radius 1 is 1.12 bits per heavy atom. The summed E-state index contributed by atoms with van der Waals surface area (Å²) in [5.41, 5.74) is 2.14. The van der Waals surface area contributed by atoms with Gasteiger partial charge in [-0.3, -0.25) is 0 Å². The second-order valence-electron chi connectivity index (χ2n) is 7.14. The fraction of sp³-hybridized carbons (Fsp3) is 0.400. The van der Waals surface area contributed by atoms with Crippen molar-refractivity contribution in [3.05, 3.63) is 59.9 Å². The zero-order chi connectivity index (χ0) is 17.9. The van der Waals surface area contributed by atoms with Crippen LogP contribution in [-0.4, -0.2) is 30.8 Å². The smallest absolute Gasteiger partial charge is 0.159 e. The van der Waals surface area contributed by atoms with E-state index in [0.29, 0.717) is 12.0 Å². The SMILES string of the molecule is CC(C)c1nnc2n1CC(NCc1cnc(-c3ccccc3)nc1)CC2. The molecule has 0 saturated carbocycles. The molecule has 0 spiro atoms. The van der Waals surface area contributed by atoms with E-state index in [9.17, 15) is 0 Å². The molecule has 1 aromatic carbocycles. The van der Waals surface area contributed by atoms with Crippen molar-refractivity contribution in [2.45, 2.75) is 51.7 Å². The largest absolute Gasteiger partial charge is 0.313 e. The van der Waals surface area contributed by atoms with Crippen LogP contribution in [0.3, 0.4) is 0 Å². The highest BCUT2D eigenvalue weighted by Gasteiger charge is 2.23. The van der Waals surface area contributed by atoms with Crippen molar-refractivity contribution in [1.29, 1.82) is 0 Å². The Morgan fingerprint density at radius 2 is 1.88 bits per heavy atom. The number of nitrogens with zero attached hydrogens (tertiary/aromatic N) is 5. The van der Waals surface area contributed by atoms with E-state index in [2.05, 4.69) is 43.9 Å². The standard InChI is InChI=1S/C20H24N6/c1-14(2)20-25-24-18-9-8-17(13-26(18)20)21-10-15-11-22-19(23-12-15)16-6-4-3-5-7-16/h3-7,11-12,14,17,21H,8-10,13H2,1-2H3. The first-order valence-corrected chi connectivity index (χ1v) is 9.22. The van der Waals surface area contributed by atoms with E-state index >= 15 is 0 Å². The van der Waals surface area contributed by atoms with E-state index in [4.69, 9.17) is 0 Å². The minimum absolute atomic E-state index is 0.397. The summed E-state index contributed by atoms with van der Waals surface area (Å²) in [4.78, 5) is 9.00. The lowest BCUT2D eigenvalue weighted by Crippen LogP contribution is -2.37. The first kappa shape index (κ1) is 16.8. The molecular weight excluding hydrogens is 324 g/mol. The molecule has 0 aliphatic carbocycles. The van der Waals surface area contributed by atoms with Crippen LogP contribution in [0.1, 0.15) is 43.4 Å². The predicted molar refractivity (Wildman–Crippen MR) is 101 cm³/mol. The summed E-state index contributed by atoms with van der Waals surface area (Å²) in [6, 6.07) is 10.5. The Hall–Kier alpha value is -2.60. The molecule has 1 atom stereocenters. The van der Waals surface area contributed by atoms with Gasteiger partial charge in [0.25, 0.3) is 0 Å². The maximum absolute atomic E-state index is 4.50. The minimum Gasteiger partial charge on any atom is -0.313 e. The van der Waals surface area contributed by atoms with Crippen LogP contribution in [0.5, 0.6) is 0 Å². The zero-order valence-electron chi connectivity index (χ0n) is 15.3. The van der Waals surface area contributed by atoms with Crippen LogP contribution < -0.4 is 5.32 Å². The highest BCUT2D eigenvalue weighted by Crippen LogP contribution is 2.20. The number of hydrogen-bond acceptors (Lipinski definition) is 5. The third-order valence-corrected chi connectivity index (χ3v) is 4.82. The summed E-state index contributed by atoms with van der Waals surface area (Å²) in [6.45, 7) is 6.03. The van der Waals surface area contributed by atoms with Gasteiger partial charge in [0.2, 0.25) is 0 Å². The topological polar surface area (TPSA) is 68.5 Å². The molecule has 134 valence electrons. The van der Waals surface area contributed by atoms with Gasteiger partial charge in [-0.1, -0.05) is 44.2 Å². The fourth-order valence-corrected chi connectivity index (χ4v) is 3.39. The molecule has 2 aromatic heterocycles. The summed E-state index contributed by atoms with van der Waals surface area (Å²) in [7, 11) is 0. The average molecular weight is 348 g/mol. The quantitative estimate of drug-likeness (QED) is 0.768. The Bertz CT molecular complexity index is 854. The van der Waals surface area contributed by atoms with Gasteiger partial charge < -0.3 is 9.88 Å². The first-order valence-electron chi connectivity index (χ1n) is 9.22. The molecule has 1 aliphatic rings. The van der Waals surface area contributed by atoms with Crippen molar-refractivity contribution in [2.75, 3.05) is 0 Å². The number of aromatic nitrogens is 5. The second-order valence-corrected chi connectivity index (χ2v) is 7.14. The molecule has 26 heavy (non-hydrogen) atoms. The van der Waals surface area contributed by atoms with E-state index in [1.54, 1.807) is 0 Å². The molecule has 4 rings (SSSR count). The van der Waals surface area contributed by atoms with E-state index in [1.165, 1.54) is 0 Å². The third-order valence-electron chi connectivity index (χ3n) is 4.82. The van der Waals surface area contributed by atoms with Gasteiger partial charge in [-0.15, -0.1) is 10.2 Å². The number of aryl methyl sites for hydroxylation is 1. The summed E-state index contributed by atoms with van der Waals surface area (Å²) in [5.74, 6) is 3.36. The van der Waals surface area contributed by atoms with Crippen molar-refractivity contribution in [2.24, 2.45) is 0 Å². The highest BCUT2D eigenvalue weighted by atomic mass is 15.3. The Labute approximate surface area is 153 Å². The maximum atomic E-state index is 4.50. The maximum Gasteiger partial charge on any atom is 0.159 e. The van der Waals surface area contributed by atoms with E-state index < -0.39 is 0 Å². The van der Waals surface area contributed by atoms with Crippen molar-refractivity contribution in [1.82, 2.24) is 30.0 Å². The van der Waals surface area contributed by atoms with Crippen LogP contribution in [0.15, 0.2) is 42.7 Å². The van der Waals surface area contributed by atoms with Crippen LogP contribution in [0, 0.1) is 0 Å². The van der Waals surface area contributed by atoms with E-state index in [1.807, 2.05) is 42.7 Å². The molecule has 3 aromatic rings. The number of hydrogen-bond donors (Lipinski definition) is 1. The van der Waals surface area contributed by atoms with Crippen LogP contribution in [-0.2, 0) is 19.5 Å². The molecule has 0 radical (unpaired) electrons. The number of benzene rings is 1. The zero-order valence-corrected chi connectivity index (χ0v) is 15.3. The third kappa shape index (κ3) is 3.51. The molecule has 6 nitrogen and oxygen atoms in total. The van der Waals surface area contributed by atoms with Gasteiger partial charge in [0.15, 0.2) is 5.82 Å². The van der Waals surface area contributed by atoms with Gasteiger partial charge in [-0.2, -0.15) is 0 Å². The van der Waals surface area contributed by atoms with Gasteiger partial charge in [-0.05, 0) is 6.42 Å². The lowest BCUT2D eigenvalue weighted by molar-refractivity contribution is 0.370. The molecule has 0 bridgehead atoms. The minimum atomic E-state index is 0.397. The van der Waals surface area contributed by atoms with Crippen LogP contribution in [0.25, 0.3) is 11.4 Å². The van der Waals surface area contributed by atoms with Gasteiger partial charge in [0.05, 0.1) is 0 Å². The van der Waals surface area contributed by atoms with E-state index in [0.717, 1.165) is 54.5 Å². The molecule has 0 fully saturated rings. The molecule has 1 aliphatic heterocycles. The molecule has 0 amide bonds. The van der Waals surface area contributed by atoms with Gasteiger partial charge in [0, 0.05) is 55.0 Å². The monoisotopic (exact) mass is 348 g/mol. The Balaban J connectivity index is 1.38. The molecule has 1 N–H and O–H groups in total. The molecule has 6 heteroatoms. The van der Waals surface area contributed by atoms with Crippen molar-refractivity contribution >= 4 is 0 Å². The van der Waals surface area contributed by atoms with E-state index in [-0.39, 0.29) is 0 Å². The number of fused-ring (bicyclic) bond motifs is 1. The highest BCUT2D eigenvalue weighted by molar-refractivity contribution is 5.53. The van der Waals surface area contributed by atoms with Crippen LogP contribution in [0.4, 0.5) is 0 Å². The molecule has 1 unspecified atom stereocenters. The first-order chi connectivity index (χ1) is 12.7. The summed E-state index contributed by atoms with van der Waals surface area (Å²) in [5, 5.41) is 12.3. The van der Waals surface area contributed by atoms with Crippen LogP contribution in [0.2, 0.25) is 0 Å². The van der Waals surface area contributed by atoms with Crippen molar-refractivity contribution in [3.63, 3.8) is 0 Å². The van der Waals surface area contributed by atoms with Gasteiger partial charge >= 0.3 is 0 Å². The summed E-state index contributed by atoms with van der Waals surface area (Å²) in [6.07, 6.45) is 5.88. The predicted octanol–water partition coefficient (Wildman–Crippen LogP) is 2.96.